The van der Waals surface area contributed by atoms with Crippen molar-refractivity contribution < 1.29 is 14.3 Å². The van der Waals surface area contributed by atoms with E-state index in [1.165, 1.54) is 12.8 Å². The number of nitrogens with zero attached hydrogens (tertiary/aromatic N) is 1. The highest BCUT2D eigenvalue weighted by atomic mass is 16.5. The Morgan fingerprint density at radius 2 is 1.53 bits per heavy atom. The summed E-state index contributed by atoms with van der Waals surface area (Å²) in [5, 5.41) is 6.01. The Bertz CT molecular complexity index is 1090. The van der Waals surface area contributed by atoms with Gasteiger partial charge in [-0.1, -0.05) is 55.3 Å². The Hall–Kier alpha value is -3.80. The fourth-order valence-corrected chi connectivity index (χ4v) is 4.01. The number of hydrogen-bond acceptors (Lipinski definition) is 4. The van der Waals surface area contributed by atoms with Gasteiger partial charge < -0.3 is 20.3 Å². The lowest BCUT2D eigenvalue weighted by molar-refractivity contribution is -0.114. The number of ether oxygens (including phenoxy) is 1. The zero-order valence-corrected chi connectivity index (χ0v) is 19.3. The van der Waals surface area contributed by atoms with Crippen LogP contribution in [-0.4, -0.2) is 36.3 Å². The zero-order valence-electron chi connectivity index (χ0n) is 19.3. The molecule has 0 saturated carbocycles. The summed E-state index contributed by atoms with van der Waals surface area (Å²) in [6.45, 7) is 2.19. The predicted octanol–water partition coefficient (Wildman–Crippen LogP) is 5.33. The van der Waals surface area contributed by atoms with Crippen molar-refractivity contribution in [3.63, 3.8) is 0 Å². The molecule has 2 N–H and O–H groups in total. The van der Waals surface area contributed by atoms with Crippen molar-refractivity contribution >= 4 is 23.2 Å². The van der Waals surface area contributed by atoms with E-state index in [2.05, 4.69) is 10.6 Å². The molecule has 0 radical (unpaired) electrons. The van der Waals surface area contributed by atoms with Gasteiger partial charge >= 0.3 is 0 Å². The van der Waals surface area contributed by atoms with Crippen molar-refractivity contribution in [2.45, 2.75) is 32.3 Å². The largest absolute Gasteiger partial charge is 0.489 e. The van der Waals surface area contributed by atoms with E-state index in [1.54, 1.807) is 12.1 Å². The molecule has 3 aromatic rings. The van der Waals surface area contributed by atoms with Gasteiger partial charge in [0.05, 0.1) is 6.54 Å². The van der Waals surface area contributed by atoms with E-state index >= 15 is 0 Å². The molecule has 1 heterocycles. The van der Waals surface area contributed by atoms with Gasteiger partial charge in [-0.15, -0.1) is 0 Å². The second-order valence-corrected chi connectivity index (χ2v) is 8.49. The maximum absolute atomic E-state index is 12.9. The smallest absolute Gasteiger partial charge is 0.253 e. The average Bonchev–Trinajstić information content (AvgIpc) is 3.17. The summed E-state index contributed by atoms with van der Waals surface area (Å²) in [6.07, 6.45) is 4.45. The molecule has 0 aliphatic carbocycles. The van der Waals surface area contributed by atoms with Crippen LogP contribution in [0, 0.1) is 0 Å². The molecule has 1 aliphatic rings. The van der Waals surface area contributed by atoms with Crippen LogP contribution in [0.5, 0.6) is 5.75 Å². The monoisotopic (exact) mass is 457 g/mol. The SMILES string of the molecule is O=C(CNc1cccc(OCc2ccccc2)c1)Nc1cccc(C(=O)N2CCCCCC2)c1. The van der Waals surface area contributed by atoms with Gasteiger partial charge in [-0.25, -0.2) is 0 Å². The maximum Gasteiger partial charge on any atom is 0.253 e. The third kappa shape index (κ3) is 6.85. The maximum atomic E-state index is 12.9. The summed E-state index contributed by atoms with van der Waals surface area (Å²) in [6, 6.07) is 24.7. The summed E-state index contributed by atoms with van der Waals surface area (Å²) in [5.41, 5.74) is 3.12. The molecule has 2 amide bonds. The Labute approximate surface area is 200 Å². The van der Waals surface area contributed by atoms with Crippen LogP contribution in [0.15, 0.2) is 78.9 Å². The van der Waals surface area contributed by atoms with Gasteiger partial charge in [0, 0.05) is 36.1 Å². The molecule has 4 rings (SSSR count). The van der Waals surface area contributed by atoms with Crippen LogP contribution in [0.2, 0.25) is 0 Å². The molecule has 34 heavy (non-hydrogen) atoms. The fourth-order valence-electron chi connectivity index (χ4n) is 4.01. The third-order valence-electron chi connectivity index (χ3n) is 5.82. The molecule has 176 valence electrons. The normalized spacial score (nSPS) is 13.6. The summed E-state index contributed by atoms with van der Waals surface area (Å²) in [4.78, 5) is 27.3. The molecule has 0 aromatic heterocycles. The molecule has 0 unspecified atom stereocenters. The summed E-state index contributed by atoms with van der Waals surface area (Å²) in [7, 11) is 0. The number of anilines is 2. The minimum Gasteiger partial charge on any atom is -0.489 e. The van der Waals surface area contributed by atoms with Crippen LogP contribution < -0.4 is 15.4 Å². The summed E-state index contributed by atoms with van der Waals surface area (Å²) >= 11 is 0. The van der Waals surface area contributed by atoms with E-state index in [4.69, 9.17) is 4.74 Å². The minimum absolute atomic E-state index is 0.0310. The van der Waals surface area contributed by atoms with Gasteiger partial charge in [0.2, 0.25) is 5.91 Å². The van der Waals surface area contributed by atoms with Crippen molar-refractivity contribution in [1.82, 2.24) is 4.90 Å². The standard InChI is InChI=1S/C28H31N3O3/c32-27(20-29-24-13-9-15-26(19-24)34-21-22-10-4-3-5-11-22)30-25-14-8-12-23(18-25)28(33)31-16-6-1-2-7-17-31/h3-5,8-15,18-19,29H,1-2,6-7,16-17,20-21H2,(H,30,32). The molecule has 0 spiro atoms. The second kappa shape index (κ2) is 11.9. The highest BCUT2D eigenvalue weighted by Gasteiger charge is 2.17. The van der Waals surface area contributed by atoms with Gasteiger partial charge in [-0.2, -0.15) is 0 Å². The van der Waals surface area contributed by atoms with Crippen molar-refractivity contribution in [2.24, 2.45) is 0 Å². The molecular weight excluding hydrogens is 426 g/mol. The number of carbonyl (C=O) groups is 2. The molecule has 1 saturated heterocycles. The number of likely N-dealkylation sites (tertiary alicyclic amines) is 1. The second-order valence-electron chi connectivity index (χ2n) is 8.49. The van der Waals surface area contributed by atoms with Gasteiger partial charge in [-0.05, 0) is 48.7 Å². The average molecular weight is 458 g/mol. The van der Waals surface area contributed by atoms with Crippen LogP contribution in [0.3, 0.4) is 0 Å². The first-order chi connectivity index (χ1) is 16.7. The van der Waals surface area contributed by atoms with Crippen molar-refractivity contribution in [3.05, 3.63) is 90.0 Å². The Morgan fingerprint density at radius 1 is 0.794 bits per heavy atom. The first kappa shape index (κ1) is 23.4. The molecule has 0 atom stereocenters. The van der Waals surface area contributed by atoms with E-state index in [-0.39, 0.29) is 18.4 Å². The van der Waals surface area contributed by atoms with Crippen LogP contribution >= 0.6 is 0 Å². The van der Waals surface area contributed by atoms with E-state index in [0.29, 0.717) is 17.9 Å². The third-order valence-corrected chi connectivity index (χ3v) is 5.82. The Morgan fingerprint density at radius 3 is 2.32 bits per heavy atom. The van der Waals surface area contributed by atoms with E-state index in [1.807, 2.05) is 71.6 Å². The Kier molecular flexibility index (Phi) is 8.17. The summed E-state index contributed by atoms with van der Waals surface area (Å²) < 4.78 is 5.85. The number of benzene rings is 3. The van der Waals surface area contributed by atoms with Gasteiger partial charge in [0.15, 0.2) is 0 Å². The van der Waals surface area contributed by atoms with Crippen LogP contribution in [0.4, 0.5) is 11.4 Å². The summed E-state index contributed by atoms with van der Waals surface area (Å²) in [5.74, 6) is 0.576. The molecule has 6 nitrogen and oxygen atoms in total. The molecular formula is C28H31N3O3. The van der Waals surface area contributed by atoms with Gasteiger partial charge in [0.1, 0.15) is 12.4 Å². The quantitative estimate of drug-likeness (QED) is 0.480. The van der Waals surface area contributed by atoms with Crippen molar-refractivity contribution in [2.75, 3.05) is 30.3 Å². The lowest BCUT2D eigenvalue weighted by Gasteiger charge is -2.20. The highest BCUT2D eigenvalue weighted by molar-refractivity contribution is 5.98. The topological polar surface area (TPSA) is 70.7 Å². The van der Waals surface area contributed by atoms with E-state index in [9.17, 15) is 9.59 Å². The van der Waals surface area contributed by atoms with Gasteiger partial charge in [-0.3, -0.25) is 9.59 Å². The lowest BCUT2D eigenvalue weighted by atomic mass is 10.1. The van der Waals surface area contributed by atoms with Gasteiger partial charge in [0.25, 0.3) is 5.91 Å². The molecule has 1 fully saturated rings. The first-order valence-electron chi connectivity index (χ1n) is 11.9. The van der Waals surface area contributed by atoms with Crippen LogP contribution in [-0.2, 0) is 11.4 Å². The number of amides is 2. The van der Waals surface area contributed by atoms with Crippen molar-refractivity contribution in [3.8, 4) is 5.75 Å². The van der Waals surface area contributed by atoms with E-state index in [0.717, 1.165) is 42.9 Å². The number of nitrogens with one attached hydrogen (secondary N) is 2. The predicted molar refractivity (Wildman–Crippen MR) is 135 cm³/mol. The van der Waals surface area contributed by atoms with Crippen LogP contribution in [0.1, 0.15) is 41.6 Å². The lowest BCUT2D eigenvalue weighted by Crippen LogP contribution is -2.31. The molecule has 1 aliphatic heterocycles. The first-order valence-corrected chi connectivity index (χ1v) is 11.9. The van der Waals surface area contributed by atoms with Crippen molar-refractivity contribution in [1.29, 1.82) is 0 Å². The number of carbonyl (C=O) groups excluding carboxylic acids is 2. The van der Waals surface area contributed by atoms with Crippen LogP contribution in [0.25, 0.3) is 0 Å². The zero-order chi connectivity index (χ0) is 23.6. The Balaban J connectivity index is 1.28. The number of rotatable bonds is 8. The molecule has 6 heteroatoms. The highest BCUT2D eigenvalue weighted by Crippen LogP contribution is 2.19. The number of hydrogen-bond donors (Lipinski definition) is 2. The molecule has 0 bridgehead atoms. The molecule has 3 aromatic carbocycles. The minimum atomic E-state index is -0.185. The fraction of sp³-hybridized carbons (Fsp3) is 0.286. The van der Waals surface area contributed by atoms with E-state index < -0.39 is 0 Å².